The number of hydrogen-bond acceptors (Lipinski definition) is 3. The molecule has 1 fully saturated rings. The van der Waals surface area contributed by atoms with Gasteiger partial charge in [0, 0.05) is 24.7 Å². The van der Waals surface area contributed by atoms with Crippen molar-refractivity contribution >= 4 is 17.7 Å². The maximum absolute atomic E-state index is 12.4. The predicted molar refractivity (Wildman–Crippen MR) is 85.9 cm³/mol. The van der Waals surface area contributed by atoms with Crippen molar-refractivity contribution < 1.29 is 14.3 Å². The first-order valence-electron chi connectivity index (χ1n) is 7.81. The summed E-state index contributed by atoms with van der Waals surface area (Å²) in [6, 6.07) is 5.99. The van der Waals surface area contributed by atoms with Gasteiger partial charge in [0.15, 0.2) is 0 Å². The van der Waals surface area contributed by atoms with Gasteiger partial charge in [0.05, 0.1) is 6.61 Å². The molecule has 1 saturated heterocycles. The molecule has 1 heterocycles. The van der Waals surface area contributed by atoms with E-state index >= 15 is 0 Å². The van der Waals surface area contributed by atoms with Crippen LogP contribution in [-0.2, 0) is 9.53 Å². The van der Waals surface area contributed by atoms with Gasteiger partial charge >= 0.3 is 6.09 Å². The van der Waals surface area contributed by atoms with Crippen molar-refractivity contribution in [2.24, 2.45) is 5.92 Å². The molecular formula is C17H24N2O3. The second-order valence-corrected chi connectivity index (χ2v) is 5.77. The first-order chi connectivity index (χ1) is 10.5. The Hall–Kier alpha value is -2.04. The molecule has 0 aromatic heterocycles. The minimum absolute atomic E-state index is 0.0375. The highest BCUT2D eigenvalue weighted by molar-refractivity contribution is 5.93. The lowest BCUT2D eigenvalue weighted by atomic mass is 9.96. The molecule has 1 aromatic rings. The van der Waals surface area contributed by atoms with Crippen LogP contribution in [0.15, 0.2) is 18.2 Å². The van der Waals surface area contributed by atoms with Gasteiger partial charge in [-0.05, 0) is 45.2 Å². The van der Waals surface area contributed by atoms with Gasteiger partial charge in [-0.3, -0.25) is 4.79 Å². The van der Waals surface area contributed by atoms with Crippen molar-refractivity contribution in [3.63, 3.8) is 0 Å². The van der Waals surface area contributed by atoms with Gasteiger partial charge in [0.2, 0.25) is 5.91 Å². The zero-order valence-electron chi connectivity index (χ0n) is 13.5. The number of carbonyl (C=O) groups is 2. The van der Waals surface area contributed by atoms with Crippen LogP contribution >= 0.6 is 0 Å². The molecular weight excluding hydrogens is 280 g/mol. The molecule has 120 valence electrons. The number of amides is 2. The summed E-state index contributed by atoms with van der Waals surface area (Å²) in [5.41, 5.74) is 3.11. The molecule has 0 aliphatic carbocycles. The SMILES string of the molecule is CCOC(=O)N1CCC(C(=O)Nc2ccc(C)cc2C)CC1. The Kier molecular flexibility index (Phi) is 5.41. The summed E-state index contributed by atoms with van der Waals surface area (Å²) >= 11 is 0. The molecule has 0 bridgehead atoms. The van der Waals surface area contributed by atoms with Crippen LogP contribution in [0.2, 0.25) is 0 Å². The fourth-order valence-corrected chi connectivity index (χ4v) is 2.73. The molecule has 1 N–H and O–H groups in total. The summed E-state index contributed by atoms with van der Waals surface area (Å²) in [4.78, 5) is 25.7. The Bertz CT molecular complexity index is 549. The standard InChI is InChI=1S/C17H24N2O3/c1-4-22-17(21)19-9-7-14(8-10-19)16(20)18-15-6-5-12(2)11-13(15)3/h5-6,11,14H,4,7-10H2,1-3H3,(H,18,20). The van der Waals surface area contributed by atoms with Crippen LogP contribution in [0.3, 0.4) is 0 Å². The number of rotatable bonds is 3. The molecule has 2 amide bonds. The van der Waals surface area contributed by atoms with Crippen LogP contribution in [-0.4, -0.2) is 36.6 Å². The van der Waals surface area contributed by atoms with Gasteiger partial charge in [0.25, 0.3) is 0 Å². The van der Waals surface area contributed by atoms with Crippen LogP contribution in [0.25, 0.3) is 0 Å². The van der Waals surface area contributed by atoms with E-state index in [1.54, 1.807) is 11.8 Å². The molecule has 0 unspecified atom stereocenters. The molecule has 0 spiro atoms. The highest BCUT2D eigenvalue weighted by Gasteiger charge is 2.28. The Balaban J connectivity index is 1.88. The van der Waals surface area contributed by atoms with Crippen LogP contribution in [0.1, 0.15) is 30.9 Å². The molecule has 5 heteroatoms. The molecule has 1 aromatic carbocycles. The summed E-state index contributed by atoms with van der Waals surface area (Å²) in [5, 5.41) is 3.00. The lowest BCUT2D eigenvalue weighted by molar-refractivity contribution is -0.121. The van der Waals surface area contributed by atoms with E-state index in [2.05, 4.69) is 11.4 Å². The quantitative estimate of drug-likeness (QED) is 0.933. The van der Waals surface area contributed by atoms with Crippen LogP contribution < -0.4 is 5.32 Å². The summed E-state index contributed by atoms with van der Waals surface area (Å²) < 4.78 is 4.99. The first-order valence-corrected chi connectivity index (χ1v) is 7.81. The highest BCUT2D eigenvalue weighted by Crippen LogP contribution is 2.22. The smallest absolute Gasteiger partial charge is 0.409 e. The lowest BCUT2D eigenvalue weighted by Crippen LogP contribution is -2.41. The van der Waals surface area contributed by atoms with E-state index in [1.807, 2.05) is 26.0 Å². The summed E-state index contributed by atoms with van der Waals surface area (Å²) in [5.74, 6) is -0.0122. The van der Waals surface area contributed by atoms with Crippen LogP contribution in [0.5, 0.6) is 0 Å². The van der Waals surface area contributed by atoms with Crippen LogP contribution in [0.4, 0.5) is 10.5 Å². The zero-order chi connectivity index (χ0) is 16.1. The van der Waals surface area contributed by atoms with E-state index in [4.69, 9.17) is 4.74 Å². The number of benzene rings is 1. The second kappa shape index (κ2) is 7.29. The lowest BCUT2D eigenvalue weighted by Gasteiger charge is -2.30. The Morgan fingerprint density at radius 2 is 1.95 bits per heavy atom. The Morgan fingerprint density at radius 3 is 2.55 bits per heavy atom. The van der Waals surface area contributed by atoms with E-state index < -0.39 is 0 Å². The number of anilines is 1. The summed E-state index contributed by atoms with van der Waals surface area (Å²) in [6.45, 7) is 7.34. The third kappa shape index (κ3) is 4.00. The minimum atomic E-state index is -0.282. The van der Waals surface area contributed by atoms with Gasteiger partial charge in [0.1, 0.15) is 0 Å². The summed E-state index contributed by atoms with van der Waals surface area (Å²) in [6.07, 6.45) is 1.07. The third-order valence-corrected chi connectivity index (χ3v) is 4.03. The number of carbonyl (C=O) groups excluding carboxylic acids is 2. The minimum Gasteiger partial charge on any atom is -0.450 e. The fourth-order valence-electron chi connectivity index (χ4n) is 2.73. The molecule has 0 atom stereocenters. The molecule has 0 radical (unpaired) electrons. The zero-order valence-corrected chi connectivity index (χ0v) is 13.5. The van der Waals surface area contributed by atoms with Gasteiger partial charge in [-0.2, -0.15) is 0 Å². The number of hydrogen-bond donors (Lipinski definition) is 1. The van der Waals surface area contributed by atoms with E-state index in [0.717, 1.165) is 11.3 Å². The average molecular weight is 304 g/mol. The maximum Gasteiger partial charge on any atom is 0.409 e. The van der Waals surface area contributed by atoms with E-state index in [0.29, 0.717) is 32.5 Å². The Morgan fingerprint density at radius 1 is 1.27 bits per heavy atom. The Labute approximate surface area is 131 Å². The number of likely N-dealkylation sites (tertiary alicyclic amines) is 1. The van der Waals surface area contributed by atoms with Crippen molar-refractivity contribution in [1.29, 1.82) is 0 Å². The predicted octanol–water partition coefficient (Wildman–Crippen LogP) is 3.11. The number of nitrogens with zero attached hydrogens (tertiary/aromatic N) is 1. The molecule has 5 nitrogen and oxygen atoms in total. The number of piperidine rings is 1. The largest absolute Gasteiger partial charge is 0.450 e. The van der Waals surface area contributed by atoms with E-state index in [1.165, 1.54) is 5.56 Å². The number of ether oxygens (including phenoxy) is 1. The van der Waals surface area contributed by atoms with Crippen LogP contribution in [0, 0.1) is 19.8 Å². The van der Waals surface area contributed by atoms with Crippen molar-refractivity contribution in [3.8, 4) is 0 Å². The van der Waals surface area contributed by atoms with Gasteiger partial charge < -0.3 is 15.0 Å². The fraction of sp³-hybridized carbons (Fsp3) is 0.529. The van der Waals surface area contributed by atoms with Crippen molar-refractivity contribution in [3.05, 3.63) is 29.3 Å². The van der Waals surface area contributed by atoms with Gasteiger partial charge in [-0.25, -0.2) is 4.79 Å². The topological polar surface area (TPSA) is 58.6 Å². The van der Waals surface area contributed by atoms with E-state index in [9.17, 15) is 9.59 Å². The molecule has 22 heavy (non-hydrogen) atoms. The molecule has 2 rings (SSSR count). The highest BCUT2D eigenvalue weighted by atomic mass is 16.6. The van der Waals surface area contributed by atoms with Crippen molar-refractivity contribution in [1.82, 2.24) is 4.90 Å². The average Bonchev–Trinajstić information content (AvgIpc) is 2.50. The van der Waals surface area contributed by atoms with Crippen molar-refractivity contribution in [2.45, 2.75) is 33.6 Å². The monoisotopic (exact) mass is 304 g/mol. The second-order valence-electron chi connectivity index (χ2n) is 5.77. The van der Waals surface area contributed by atoms with Gasteiger partial charge in [-0.15, -0.1) is 0 Å². The number of aryl methyl sites for hydroxylation is 2. The number of nitrogens with one attached hydrogen (secondary N) is 1. The first kappa shape index (κ1) is 16.3. The molecule has 1 aliphatic heterocycles. The summed E-state index contributed by atoms with van der Waals surface area (Å²) in [7, 11) is 0. The molecule has 1 aliphatic rings. The maximum atomic E-state index is 12.4. The van der Waals surface area contributed by atoms with Gasteiger partial charge in [-0.1, -0.05) is 17.7 Å². The molecule has 0 saturated carbocycles. The normalized spacial score (nSPS) is 15.5. The van der Waals surface area contributed by atoms with E-state index in [-0.39, 0.29) is 17.9 Å². The van der Waals surface area contributed by atoms with Crippen molar-refractivity contribution in [2.75, 3.05) is 25.0 Å². The third-order valence-electron chi connectivity index (χ3n) is 4.03.